The minimum absolute atomic E-state index is 0.302. The average molecular weight is 278 g/mol. The van der Waals surface area contributed by atoms with Gasteiger partial charge >= 0.3 is 0 Å². The molecule has 1 aromatic rings. The van der Waals surface area contributed by atoms with Crippen molar-refractivity contribution in [2.24, 2.45) is 0 Å². The first kappa shape index (κ1) is 15.5. The summed E-state index contributed by atoms with van der Waals surface area (Å²) < 4.78 is 28.5. The van der Waals surface area contributed by atoms with Crippen LogP contribution in [0.1, 0.15) is 31.0 Å². The first-order valence-electron chi connectivity index (χ1n) is 6.14. The zero-order chi connectivity index (χ0) is 13.4. The van der Waals surface area contributed by atoms with E-state index in [1.807, 2.05) is 5.38 Å². The molecule has 1 unspecified atom stereocenters. The molecule has 0 aromatic carbocycles. The SMILES string of the molecule is CCC(C)NCc1csc(CCOCC(F)F)n1. The summed E-state index contributed by atoms with van der Waals surface area (Å²) in [6.07, 6.45) is -0.712. The van der Waals surface area contributed by atoms with E-state index in [1.165, 1.54) is 0 Å². The maximum absolute atomic E-state index is 11.8. The van der Waals surface area contributed by atoms with E-state index in [1.54, 1.807) is 11.3 Å². The summed E-state index contributed by atoms with van der Waals surface area (Å²) in [5.41, 5.74) is 1.00. The Morgan fingerprint density at radius 1 is 1.50 bits per heavy atom. The van der Waals surface area contributed by atoms with Crippen LogP contribution in [0.3, 0.4) is 0 Å². The molecule has 0 aliphatic heterocycles. The van der Waals surface area contributed by atoms with Gasteiger partial charge in [-0.05, 0) is 13.3 Å². The lowest BCUT2D eigenvalue weighted by Gasteiger charge is -2.08. The van der Waals surface area contributed by atoms with Crippen molar-refractivity contribution in [2.75, 3.05) is 13.2 Å². The molecule has 1 atom stereocenters. The number of halogens is 2. The van der Waals surface area contributed by atoms with E-state index in [0.717, 1.165) is 23.7 Å². The molecular formula is C12H20F2N2OS. The van der Waals surface area contributed by atoms with E-state index < -0.39 is 13.0 Å². The number of hydrogen-bond acceptors (Lipinski definition) is 4. The molecule has 1 heterocycles. The van der Waals surface area contributed by atoms with Crippen LogP contribution >= 0.6 is 11.3 Å². The number of nitrogens with zero attached hydrogens (tertiary/aromatic N) is 1. The second-order valence-electron chi connectivity index (χ2n) is 4.14. The number of rotatable bonds is 9. The van der Waals surface area contributed by atoms with Crippen LogP contribution in [-0.4, -0.2) is 30.7 Å². The van der Waals surface area contributed by atoms with Crippen molar-refractivity contribution in [1.29, 1.82) is 0 Å². The summed E-state index contributed by atoms with van der Waals surface area (Å²) in [5.74, 6) is 0. The lowest BCUT2D eigenvalue weighted by Crippen LogP contribution is -2.24. The largest absolute Gasteiger partial charge is 0.375 e. The van der Waals surface area contributed by atoms with Crippen LogP contribution in [0.5, 0.6) is 0 Å². The quantitative estimate of drug-likeness (QED) is 0.705. The number of ether oxygens (including phenoxy) is 1. The van der Waals surface area contributed by atoms with Gasteiger partial charge < -0.3 is 10.1 Å². The minimum Gasteiger partial charge on any atom is -0.375 e. The van der Waals surface area contributed by atoms with Crippen molar-refractivity contribution >= 4 is 11.3 Å². The van der Waals surface area contributed by atoms with Crippen molar-refractivity contribution in [2.45, 2.75) is 45.7 Å². The summed E-state index contributed by atoms with van der Waals surface area (Å²) in [6, 6.07) is 0.476. The van der Waals surface area contributed by atoms with Crippen molar-refractivity contribution < 1.29 is 13.5 Å². The third kappa shape index (κ3) is 6.37. The Hall–Kier alpha value is -0.590. The molecule has 1 N–H and O–H groups in total. The number of thiazole rings is 1. The fourth-order valence-electron chi connectivity index (χ4n) is 1.30. The molecule has 0 radical (unpaired) electrons. The normalized spacial score (nSPS) is 13.2. The van der Waals surface area contributed by atoms with Crippen LogP contribution in [-0.2, 0) is 17.7 Å². The molecule has 0 bridgehead atoms. The molecule has 0 amide bonds. The van der Waals surface area contributed by atoms with Gasteiger partial charge in [-0.3, -0.25) is 0 Å². The highest BCUT2D eigenvalue weighted by molar-refractivity contribution is 7.09. The lowest BCUT2D eigenvalue weighted by atomic mass is 10.2. The maximum atomic E-state index is 11.8. The Morgan fingerprint density at radius 2 is 2.28 bits per heavy atom. The molecule has 3 nitrogen and oxygen atoms in total. The van der Waals surface area contributed by atoms with E-state index in [0.29, 0.717) is 19.1 Å². The average Bonchev–Trinajstić information content (AvgIpc) is 2.79. The molecule has 0 saturated heterocycles. The molecule has 1 rings (SSSR count). The third-order valence-corrected chi connectivity index (χ3v) is 3.50. The second kappa shape index (κ2) is 8.50. The van der Waals surface area contributed by atoms with Gasteiger partial charge in [-0.1, -0.05) is 6.92 Å². The van der Waals surface area contributed by atoms with Crippen molar-refractivity contribution in [1.82, 2.24) is 10.3 Å². The Morgan fingerprint density at radius 3 is 2.94 bits per heavy atom. The van der Waals surface area contributed by atoms with Crippen molar-refractivity contribution in [3.8, 4) is 0 Å². The first-order valence-corrected chi connectivity index (χ1v) is 7.02. The number of hydrogen-bond donors (Lipinski definition) is 1. The predicted octanol–water partition coefficient (Wildman–Crippen LogP) is 2.86. The zero-order valence-corrected chi connectivity index (χ0v) is 11.6. The maximum Gasteiger partial charge on any atom is 0.261 e. The van der Waals surface area contributed by atoms with Crippen LogP contribution in [0.25, 0.3) is 0 Å². The van der Waals surface area contributed by atoms with E-state index in [2.05, 4.69) is 24.1 Å². The van der Waals surface area contributed by atoms with Crippen LogP contribution in [0.4, 0.5) is 8.78 Å². The van der Waals surface area contributed by atoms with E-state index in [9.17, 15) is 8.78 Å². The molecular weight excluding hydrogens is 258 g/mol. The second-order valence-corrected chi connectivity index (χ2v) is 5.08. The molecule has 18 heavy (non-hydrogen) atoms. The number of alkyl halides is 2. The highest BCUT2D eigenvalue weighted by atomic mass is 32.1. The molecule has 0 fully saturated rings. The molecule has 104 valence electrons. The molecule has 0 aliphatic rings. The summed E-state index contributed by atoms with van der Waals surface area (Å²) in [7, 11) is 0. The van der Waals surface area contributed by atoms with E-state index >= 15 is 0 Å². The molecule has 0 spiro atoms. The Bertz CT molecular complexity index is 334. The summed E-state index contributed by atoms with van der Waals surface area (Å²) >= 11 is 1.55. The summed E-state index contributed by atoms with van der Waals surface area (Å²) in [6.45, 7) is 4.82. The highest BCUT2D eigenvalue weighted by Gasteiger charge is 2.05. The van der Waals surface area contributed by atoms with Gasteiger partial charge in [0.15, 0.2) is 0 Å². The van der Waals surface area contributed by atoms with Gasteiger partial charge in [-0.15, -0.1) is 11.3 Å². The summed E-state index contributed by atoms with van der Waals surface area (Å²) in [4.78, 5) is 4.42. The standard InChI is InChI=1S/C12H20F2N2OS/c1-3-9(2)15-6-10-8-18-12(16-10)4-5-17-7-11(13)14/h8-9,11,15H,3-7H2,1-2H3. The fraction of sp³-hybridized carbons (Fsp3) is 0.750. The van der Waals surface area contributed by atoms with Crippen molar-refractivity contribution in [3.05, 3.63) is 16.1 Å². The van der Waals surface area contributed by atoms with E-state index in [-0.39, 0.29) is 0 Å². The monoisotopic (exact) mass is 278 g/mol. The van der Waals surface area contributed by atoms with Gasteiger partial charge in [0.1, 0.15) is 6.61 Å². The smallest absolute Gasteiger partial charge is 0.261 e. The van der Waals surface area contributed by atoms with Crippen LogP contribution in [0.2, 0.25) is 0 Å². The van der Waals surface area contributed by atoms with Crippen LogP contribution in [0, 0.1) is 0 Å². The van der Waals surface area contributed by atoms with Crippen LogP contribution in [0.15, 0.2) is 5.38 Å². The Kier molecular flexibility index (Phi) is 7.31. The van der Waals surface area contributed by atoms with Gasteiger partial charge in [0.2, 0.25) is 0 Å². The molecule has 0 saturated carbocycles. The zero-order valence-electron chi connectivity index (χ0n) is 10.8. The van der Waals surface area contributed by atoms with Gasteiger partial charge in [0.25, 0.3) is 6.43 Å². The number of nitrogens with one attached hydrogen (secondary N) is 1. The first-order chi connectivity index (χ1) is 8.61. The topological polar surface area (TPSA) is 34.1 Å². The minimum atomic E-state index is -2.39. The van der Waals surface area contributed by atoms with Gasteiger partial charge in [-0.2, -0.15) is 0 Å². The van der Waals surface area contributed by atoms with Gasteiger partial charge in [0, 0.05) is 24.4 Å². The molecule has 0 aliphatic carbocycles. The fourth-order valence-corrected chi connectivity index (χ4v) is 2.08. The Balaban J connectivity index is 2.21. The molecule has 1 aromatic heterocycles. The lowest BCUT2D eigenvalue weighted by molar-refractivity contribution is 0.0187. The number of aromatic nitrogens is 1. The third-order valence-electron chi connectivity index (χ3n) is 2.55. The van der Waals surface area contributed by atoms with Crippen LogP contribution < -0.4 is 5.32 Å². The van der Waals surface area contributed by atoms with E-state index in [4.69, 9.17) is 4.74 Å². The Labute approximate surface area is 111 Å². The van der Waals surface area contributed by atoms with Gasteiger partial charge in [0.05, 0.1) is 17.3 Å². The summed E-state index contributed by atoms with van der Waals surface area (Å²) in [5, 5.41) is 6.29. The molecule has 6 heteroatoms. The predicted molar refractivity (Wildman–Crippen MR) is 69.2 cm³/mol. The highest BCUT2D eigenvalue weighted by Crippen LogP contribution is 2.11. The van der Waals surface area contributed by atoms with Crippen molar-refractivity contribution in [3.63, 3.8) is 0 Å². The van der Waals surface area contributed by atoms with Gasteiger partial charge in [-0.25, -0.2) is 13.8 Å².